The molecule has 0 saturated heterocycles. The Labute approximate surface area is 89.2 Å². The fourth-order valence-corrected chi connectivity index (χ4v) is 1.89. The Morgan fingerprint density at radius 3 is 2.73 bits per heavy atom. The summed E-state index contributed by atoms with van der Waals surface area (Å²) in [5.41, 5.74) is 0. The normalized spacial score (nSPS) is 24.9. The minimum Gasteiger partial charge on any atom is -0.481 e. The van der Waals surface area contributed by atoms with Gasteiger partial charge in [0.05, 0.1) is 5.92 Å². The lowest BCUT2D eigenvalue weighted by molar-refractivity contribution is -0.142. The molecule has 1 rings (SSSR count). The first-order valence-corrected chi connectivity index (χ1v) is 5.42. The van der Waals surface area contributed by atoms with Crippen molar-refractivity contribution in [1.82, 2.24) is 10.6 Å². The van der Waals surface area contributed by atoms with E-state index in [9.17, 15) is 9.59 Å². The van der Waals surface area contributed by atoms with Gasteiger partial charge in [-0.3, -0.25) is 4.79 Å². The van der Waals surface area contributed by atoms with Crippen LogP contribution in [0.15, 0.2) is 0 Å². The summed E-state index contributed by atoms with van der Waals surface area (Å²) in [6, 6.07) is -0.464. The molecule has 0 bridgehead atoms. The van der Waals surface area contributed by atoms with E-state index in [0.717, 1.165) is 19.3 Å². The average Bonchev–Trinajstić information content (AvgIpc) is 2.62. The Hall–Kier alpha value is -1.26. The molecule has 0 aromatic rings. The summed E-state index contributed by atoms with van der Waals surface area (Å²) in [7, 11) is 0. The van der Waals surface area contributed by atoms with Crippen molar-refractivity contribution in [3.05, 3.63) is 0 Å². The first-order chi connectivity index (χ1) is 7.15. The summed E-state index contributed by atoms with van der Waals surface area (Å²) in [4.78, 5) is 22.1. The van der Waals surface area contributed by atoms with Gasteiger partial charge < -0.3 is 15.7 Å². The van der Waals surface area contributed by atoms with Gasteiger partial charge in [0.15, 0.2) is 0 Å². The summed E-state index contributed by atoms with van der Waals surface area (Å²) in [6.07, 6.45) is 3.17. The number of aliphatic carboxylic acids is 1. The molecule has 0 spiro atoms. The molecule has 0 aliphatic heterocycles. The van der Waals surface area contributed by atoms with E-state index in [1.807, 2.05) is 6.92 Å². The van der Waals surface area contributed by atoms with Crippen molar-refractivity contribution >= 4 is 12.0 Å². The van der Waals surface area contributed by atoms with E-state index in [4.69, 9.17) is 5.11 Å². The molecule has 1 saturated carbocycles. The lowest BCUT2D eigenvalue weighted by Crippen LogP contribution is -2.45. The van der Waals surface area contributed by atoms with Crippen LogP contribution in [0.3, 0.4) is 0 Å². The highest BCUT2D eigenvalue weighted by atomic mass is 16.4. The molecule has 3 N–H and O–H groups in total. The van der Waals surface area contributed by atoms with Crippen LogP contribution in [0.1, 0.15) is 32.6 Å². The van der Waals surface area contributed by atoms with Gasteiger partial charge in [-0.05, 0) is 19.3 Å². The molecule has 1 fully saturated rings. The molecular weight excluding hydrogens is 196 g/mol. The molecule has 0 radical (unpaired) electrons. The van der Waals surface area contributed by atoms with Gasteiger partial charge in [0, 0.05) is 12.6 Å². The van der Waals surface area contributed by atoms with E-state index < -0.39 is 11.9 Å². The summed E-state index contributed by atoms with van der Waals surface area (Å²) in [5, 5.41) is 14.3. The highest BCUT2D eigenvalue weighted by Crippen LogP contribution is 2.25. The fraction of sp³-hybridized carbons (Fsp3) is 0.800. The zero-order valence-corrected chi connectivity index (χ0v) is 8.95. The second-order valence-electron chi connectivity index (χ2n) is 3.88. The van der Waals surface area contributed by atoms with Crippen LogP contribution in [-0.2, 0) is 4.79 Å². The van der Waals surface area contributed by atoms with E-state index in [1.54, 1.807) is 0 Å². The maximum Gasteiger partial charge on any atom is 0.315 e. The molecular formula is C10H18N2O3. The first kappa shape index (κ1) is 11.8. The molecule has 15 heavy (non-hydrogen) atoms. The van der Waals surface area contributed by atoms with Crippen LogP contribution in [0.25, 0.3) is 0 Å². The molecule has 0 heterocycles. The van der Waals surface area contributed by atoms with E-state index in [0.29, 0.717) is 13.0 Å². The number of carbonyl (C=O) groups is 2. The van der Waals surface area contributed by atoms with Crippen LogP contribution < -0.4 is 10.6 Å². The van der Waals surface area contributed by atoms with E-state index in [-0.39, 0.29) is 12.1 Å². The van der Waals surface area contributed by atoms with Crippen molar-refractivity contribution in [3.8, 4) is 0 Å². The topological polar surface area (TPSA) is 78.4 Å². The van der Waals surface area contributed by atoms with Gasteiger partial charge in [-0.25, -0.2) is 4.79 Å². The molecule has 2 unspecified atom stereocenters. The van der Waals surface area contributed by atoms with Crippen molar-refractivity contribution in [2.75, 3.05) is 6.54 Å². The number of rotatable bonds is 4. The predicted molar refractivity (Wildman–Crippen MR) is 55.6 cm³/mol. The molecule has 2 amide bonds. The van der Waals surface area contributed by atoms with Crippen LogP contribution in [0, 0.1) is 5.92 Å². The molecule has 1 aliphatic rings. The van der Waals surface area contributed by atoms with Crippen LogP contribution in [0.2, 0.25) is 0 Å². The predicted octanol–water partition coefficient (Wildman–Crippen LogP) is 0.949. The molecule has 5 heteroatoms. The second kappa shape index (κ2) is 5.58. The third-order valence-corrected chi connectivity index (χ3v) is 2.69. The van der Waals surface area contributed by atoms with Gasteiger partial charge >= 0.3 is 12.0 Å². The SMILES string of the molecule is CCCNC(=O)NC1CCCC1C(=O)O. The van der Waals surface area contributed by atoms with Gasteiger partial charge in [0.1, 0.15) is 0 Å². The van der Waals surface area contributed by atoms with E-state index in [2.05, 4.69) is 10.6 Å². The largest absolute Gasteiger partial charge is 0.481 e. The van der Waals surface area contributed by atoms with Gasteiger partial charge in [0.2, 0.25) is 0 Å². The quantitative estimate of drug-likeness (QED) is 0.652. The maximum absolute atomic E-state index is 11.3. The number of urea groups is 1. The monoisotopic (exact) mass is 214 g/mol. The number of carbonyl (C=O) groups excluding carboxylic acids is 1. The molecule has 86 valence electrons. The third kappa shape index (κ3) is 3.42. The van der Waals surface area contributed by atoms with Crippen LogP contribution in [0.4, 0.5) is 4.79 Å². The van der Waals surface area contributed by atoms with Crippen LogP contribution in [0.5, 0.6) is 0 Å². The average molecular weight is 214 g/mol. The van der Waals surface area contributed by atoms with Gasteiger partial charge in [-0.2, -0.15) is 0 Å². The number of amides is 2. The van der Waals surface area contributed by atoms with Crippen molar-refractivity contribution in [2.45, 2.75) is 38.6 Å². The van der Waals surface area contributed by atoms with Crippen LogP contribution in [-0.4, -0.2) is 29.7 Å². The lowest BCUT2D eigenvalue weighted by atomic mass is 10.0. The lowest BCUT2D eigenvalue weighted by Gasteiger charge is -2.17. The number of nitrogens with one attached hydrogen (secondary N) is 2. The molecule has 0 aromatic heterocycles. The van der Waals surface area contributed by atoms with Crippen molar-refractivity contribution in [3.63, 3.8) is 0 Å². The molecule has 2 atom stereocenters. The summed E-state index contributed by atoms with van der Waals surface area (Å²) in [5.74, 6) is -1.23. The fourth-order valence-electron chi connectivity index (χ4n) is 1.89. The Kier molecular flexibility index (Phi) is 4.39. The third-order valence-electron chi connectivity index (χ3n) is 2.69. The number of hydrogen-bond donors (Lipinski definition) is 3. The summed E-state index contributed by atoms with van der Waals surface area (Å²) >= 11 is 0. The van der Waals surface area contributed by atoms with E-state index >= 15 is 0 Å². The van der Waals surface area contributed by atoms with Crippen LogP contribution >= 0.6 is 0 Å². The van der Waals surface area contributed by atoms with Crippen molar-refractivity contribution < 1.29 is 14.7 Å². The highest BCUT2D eigenvalue weighted by molar-refractivity contribution is 5.76. The van der Waals surface area contributed by atoms with Gasteiger partial charge in [0.25, 0.3) is 0 Å². The maximum atomic E-state index is 11.3. The second-order valence-corrected chi connectivity index (χ2v) is 3.88. The minimum atomic E-state index is -0.812. The minimum absolute atomic E-state index is 0.209. The first-order valence-electron chi connectivity index (χ1n) is 5.42. The standard InChI is InChI=1S/C10H18N2O3/c1-2-6-11-10(15)12-8-5-3-4-7(8)9(13)14/h7-8H,2-6H2,1H3,(H,13,14)(H2,11,12,15). The number of hydrogen-bond acceptors (Lipinski definition) is 2. The van der Waals surface area contributed by atoms with Gasteiger partial charge in [-0.15, -0.1) is 0 Å². The highest BCUT2D eigenvalue weighted by Gasteiger charge is 2.33. The zero-order chi connectivity index (χ0) is 11.3. The van der Waals surface area contributed by atoms with Gasteiger partial charge in [-0.1, -0.05) is 13.3 Å². The Balaban J connectivity index is 2.36. The molecule has 0 aromatic carbocycles. The summed E-state index contributed by atoms with van der Waals surface area (Å²) < 4.78 is 0. The summed E-state index contributed by atoms with van der Waals surface area (Å²) in [6.45, 7) is 2.59. The Morgan fingerprint density at radius 2 is 2.13 bits per heavy atom. The number of carboxylic acids is 1. The smallest absolute Gasteiger partial charge is 0.315 e. The van der Waals surface area contributed by atoms with E-state index in [1.165, 1.54) is 0 Å². The van der Waals surface area contributed by atoms with Crippen molar-refractivity contribution in [1.29, 1.82) is 0 Å². The number of carboxylic acid groups (broad SMARTS) is 1. The Morgan fingerprint density at radius 1 is 1.40 bits per heavy atom. The molecule has 5 nitrogen and oxygen atoms in total. The molecule has 1 aliphatic carbocycles. The Bertz CT molecular complexity index is 243. The zero-order valence-electron chi connectivity index (χ0n) is 8.95. The van der Waals surface area contributed by atoms with Crippen molar-refractivity contribution in [2.24, 2.45) is 5.92 Å².